The van der Waals surface area contributed by atoms with Crippen LogP contribution in [-0.4, -0.2) is 78.7 Å². The Kier molecular flexibility index (Phi) is 9.40. The number of aryl methyl sites for hydroxylation is 2. The molecule has 2 aromatic heterocycles. The summed E-state index contributed by atoms with van der Waals surface area (Å²) >= 11 is 0. The molecule has 0 spiro atoms. The number of hydrogen-bond acceptors (Lipinski definition) is 9. The zero-order chi connectivity index (χ0) is 35.4. The van der Waals surface area contributed by atoms with Crippen LogP contribution in [0.25, 0.3) is 11.1 Å². The molecule has 0 saturated carbocycles. The lowest BCUT2D eigenvalue weighted by Crippen LogP contribution is -2.41. The van der Waals surface area contributed by atoms with E-state index in [0.29, 0.717) is 18.1 Å². The first-order valence-electron chi connectivity index (χ1n) is 17.1. The van der Waals surface area contributed by atoms with E-state index in [2.05, 4.69) is 38.1 Å². The molecule has 4 heterocycles. The molecule has 2 N–H and O–H groups in total. The van der Waals surface area contributed by atoms with E-state index in [4.69, 9.17) is 14.0 Å². The van der Waals surface area contributed by atoms with Crippen molar-refractivity contribution in [2.45, 2.75) is 115 Å². The van der Waals surface area contributed by atoms with Crippen molar-refractivity contribution in [1.29, 1.82) is 0 Å². The maximum Gasteiger partial charge on any atom is 0.465 e. The zero-order valence-electron chi connectivity index (χ0n) is 29.9. The number of piperidine rings is 1. The number of nitrogens with zero attached hydrogens (tertiary/aromatic N) is 4. The molecule has 0 bridgehead atoms. The quantitative estimate of drug-likeness (QED) is 0.275. The van der Waals surface area contributed by atoms with E-state index in [-0.39, 0.29) is 11.1 Å². The summed E-state index contributed by atoms with van der Waals surface area (Å²) in [6.45, 7) is 16.2. The lowest BCUT2D eigenvalue weighted by molar-refractivity contribution is 0.00578. The average molecular weight is 693 g/mol. The Balaban J connectivity index is 1.19. The van der Waals surface area contributed by atoms with E-state index < -0.39 is 39.7 Å². The molecule has 14 heteroatoms. The Hall–Kier alpha value is -3.46. The molecule has 264 valence electrons. The Morgan fingerprint density at radius 3 is 2.49 bits per heavy atom. The van der Waals surface area contributed by atoms with Gasteiger partial charge in [-0.05, 0) is 108 Å². The van der Waals surface area contributed by atoms with Crippen LogP contribution in [0, 0.1) is 6.92 Å². The van der Waals surface area contributed by atoms with Crippen molar-refractivity contribution in [3.05, 3.63) is 53.3 Å². The normalized spacial score (nSPS) is 19.6. The van der Waals surface area contributed by atoms with Gasteiger partial charge in [0.05, 0.1) is 16.9 Å². The summed E-state index contributed by atoms with van der Waals surface area (Å²) in [7, 11) is -2.70. The number of amides is 2. The zero-order valence-corrected chi connectivity index (χ0v) is 30.7. The van der Waals surface area contributed by atoms with Crippen molar-refractivity contribution in [2.75, 3.05) is 25.5 Å². The lowest BCUT2D eigenvalue weighted by atomic mass is 9.59. The molecule has 12 nitrogen and oxygen atoms in total. The van der Waals surface area contributed by atoms with E-state index in [1.54, 1.807) is 12.4 Å². The molecule has 6 rings (SSSR count). The maximum atomic E-state index is 13.5. The van der Waals surface area contributed by atoms with E-state index >= 15 is 0 Å². The monoisotopic (exact) mass is 692 g/mol. The third-order valence-electron chi connectivity index (χ3n) is 10.4. The number of rotatable bonds is 9. The molecule has 3 aromatic rings. The highest BCUT2D eigenvalue weighted by Crippen LogP contribution is 2.45. The van der Waals surface area contributed by atoms with E-state index in [0.717, 1.165) is 73.0 Å². The van der Waals surface area contributed by atoms with Crippen molar-refractivity contribution >= 4 is 28.9 Å². The molecular weight excluding hydrogens is 643 g/mol. The number of benzene rings is 1. The molecule has 1 aliphatic carbocycles. The van der Waals surface area contributed by atoms with Crippen LogP contribution in [0.5, 0.6) is 5.88 Å². The standard InChI is InChI=1S/C35H49BN6O6S/c1-23-20-24-10-9-11-27(24)31(30(23)25-12-16-37-28(21-25)46-26-13-17-41(8)18-14-26)38-32(43)40-49(44,45)29-15-19-42(39-29)22-33(2,3)36-47-34(4,5)35(6,7)48-36/h12,15-16,19-21,26H,9-11,13-14,17-18,22H2,1-8H3,(H2,38,40,43). The lowest BCUT2D eigenvalue weighted by Gasteiger charge is -2.32. The Labute approximate surface area is 290 Å². The van der Waals surface area contributed by atoms with Gasteiger partial charge in [-0.2, -0.15) is 13.5 Å². The fourth-order valence-corrected chi connectivity index (χ4v) is 7.70. The number of nitrogens with one attached hydrogen (secondary N) is 2. The largest absolute Gasteiger partial charge is 0.474 e. The summed E-state index contributed by atoms with van der Waals surface area (Å²) in [5, 5.41) is 6.45. The molecule has 3 aliphatic rings. The van der Waals surface area contributed by atoms with Crippen LogP contribution in [0.1, 0.15) is 77.5 Å². The fraction of sp³-hybridized carbons (Fsp3) is 0.571. The van der Waals surface area contributed by atoms with Gasteiger partial charge in [0, 0.05) is 49.0 Å². The first-order valence-corrected chi connectivity index (χ1v) is 18.6. The number of fused-ring (bicyclic) bond motifs is 1. The topological polar surface area (TPSA) is 137 Å². The second-order valence-corrected chi connectivity index (χ2v) is 17.1. The van der Waals surface area contributed by atoms with Gasteiger partial charge in [0.25, 0.3) is 10.0 Å². The Morgan fingerprint density at radius 1 is 1.10 bits per heavy atom. The number of anilines is 1. The summed E-state index contributed by atoms with van der Waals surface area (Å²) in [6.07, 6.45) is 7.86. The first kappa shape index (κ1) is 35.4. The number of likely N-dealkylation sites (tertiary alicyclic amines) is 1. The summed E-state index contributed by atoms with van der Waals surface area (Å²) in [6, 6.07) is 6.48. The van der Waals surface area contributed by atoms with Crippen molar-refractivity contribution in [3.63, 3.8) is 0 Å². The number of carbonyl (C=O) groups excluding carboxylic acids is 1. The van der Waals surface area contributed by atoms with Gasteiger partial charge in [-0.15, -0.1) is 0 Å². The maximum absolute atomic E-state index is 13.5. The molecule has 2 fully saturated rings. The fourth-order valence-electron chi connectivity index (χ4n) is 6.85. The van der Waals surface area contributed by atoms with Crippen LogP contribution in [0.4, 0.5) is 10.5 Å². The smallest absolute Gasteiger partial charge is 0.465 e. The van der Waals surface area contributed by atoms with Gasteiger partial charge in [0.1, 0.15) is 6.10 Å². The Morgan fingerprint density at radius 2 is 1.80 bits per heavy atom. The van der Waals surface area contributed by atoms with Gasteiger partial charge in [0.15, 0.2) is 5.03 Å². The first-order chi connectivity index (χ1) is 22.9. The molecule has 2 aliphatic heterocycles. The second-order valence-electron chi connectivity index (χ2n) is 15.4. The van der Waals surface area contributed by atoms with Crippen LogP contribution >= 0.6 is 0 Å². The number of carbonyl (C=O) groups is 1. The van der Waals surface area contributed by atoms with Crippen LogP contribution in [0.3, 0.4) is 0 Å². The Bertz CT molecular complexity index is 1820. The van der Waals surface area contributed by atoms with Crippen molar-refractivity contribution in [2.24, 2.45) is 0 Å². The number of hydrogen-bond donors (Lipinski definition) is 2. The van der Waals surface area contributed by atoms with E-state index in [9.17, 15) is 13.2 Å². The SMILES string of the molecule is Cc1cc2c(c(NC(=O)NS(=O)(=O)c3ccn(CC(C)(C)B4OC(C)(C)C(C)(C)O4)n3)c1-c1ccnc(OC3CCN(C)CC3)c1)CCC2. The molecule has 0 unspecified atom stereocenters. The van der Waals surface area contributed by atoms with E-state index in [1.165, 1.54) is 10.7 Å². The molecule has 2 saturated heterocycles. The number of pyridine rings is 1. The van der Waals surface area contributed by atoms with E-state index in [1.807, 2.05) is 60.6 Å². The minimum absolute atomic E-state index is 0.0897. The predicted molar refractivity (Wildman–Crippen MR) is 189 cm³/mol. The van der Waals surface area contributed by atoms with Crippen LogP contribution in [0.2, 0.25) is 5.31 Å². The highest BCUT2D eigenvalue weighted by atomic mass is 32.2. The number of sulfonamides is 1. The molecular formula is C35H49BN6O6S. The van der Waals surface area contributed by atoms with Crippen molar-refractivity contribution in [1.82, 2.24) is 24.4 Å². The highest BCUT2D eigenvalue weighted by Gasteiger charge is 2.56. The second kappa shape index (κ2) is 13.0. The molecule has 0 radical (unpaired) electrons. The summed E-state index contributed by atoms with van der Waals surface area (Å²) < 4.78 is 49.3. The minimum Gasteiger partial charge on any atom is -0.474 e. The summed E-state index contributed by atoms with van der Waals surface area (Å²) in [5.41, 5.74) is 4.40. The predicted octanol–water partition coefficient (Wildman–Crippen LogP) is 5.60. The highest BCUT2D eigenvalue weighted by molar-refractivity contribution is 7.90. The minimum atomic E-state index is -4.29. The van der Waals surface area contributed by atoms with Crippen LogP contribution in [-0.2, 0) is 38.7 Å². The summed E-state index contributed by atoms with van der Waals surface area (Å²) in [4.78, 5) is 20.2. The number of aromatic nitrogens is 3. The van der Waals surface area contributed by atoms with Crippen LogP contribution < -0.4 is 14.8 Å². The number of urea groups is 1. The molecule has 49 heavy (non-hydrogen) atoms. The van der Waals surface area contributed by atoms with Crippen molar-refractivity contribution in [3.8, 4) is 17.0 Å². The third kappa shape index (κ3) is 7.38. The van der Waals surface area contributed by atoms with Gasteiger partial charge in [-0.1, -0.05) is 19.9 Å². The van der Waals surface area contributed by atoms with Gasteiger partial charge >= 0.3 is 13.1 Å². The number of ether oxygens (including phenoxy) is 1. The molecule has 1 aromatic carbocycles. The van der Waals surface area contributed by atoms with Gasteiger partial charge in [-0.3, -0.25) is 4.68 Å². The van der Waals surface area contributed by atoms with Gasteiger partial charge < -0.3 is 24.3 Å². The molecule has 2 amide bonds. The van der Waals surface area contributed by atoms with Crippen LogP contribution in [0.15, 0.2) is 41.7 Å². The average Bonchev–Trinajstić information content (AvgIpc) is 3.72. The summed E-state index contributed by atoms with van der Waals surface area (Å²) in [5.74, 6) is 0.530. The third-order valence-corrected chi connectivity index (χ3v) is 11.6. The molecule has 0 atom stereocenters. The van der Waals surface area contributed by atoms with Gasteiger partial charge in [0.2, 0.25) is 5.88 Å². The van der Waals surface area contributed by atoms with Gasteiger partial charge in [-0.25, -0.2) is 14.5 Å². The van der Waals surface area contributed by atoms with Crippen molar-refractivity contribution < 1.29 is 27.3 Å².